The van der Waals surface area contributed by atoms with E-state index in [4.69, 9.17) is 17.2 Å². The van der Waals surface area contributed by atoms with Gasteiger partial charge in [-0.15, -0.1) is 0 Å². The number of nitrogens with two attached hydrogens (primary N) is 3. The van der Waals surface area contributed by atoms with E-state index in [0.717, 1.165) is 10.0 Å². The summed E-state index contributed by atoms with van der Waals surface area (Å²) < 4.78 is 0.521. The van der Waals surface area contributed by atoms with Crippen molar-refractivity contribution in [2.45, 2.75) is 115 Å². The van der Waals surface area contributed by atoms with Gasteiger partial charge < -0.3 is 32.5 Å². The fraction of sp³-hybridized carbons (Fsp3) is 0.370. The molecule has 0 bridgehead atoms. The molecule has 0 saturated carbocycles. The van der Waals surface area contributed by atoms with E-state index < -0.39 is 111 Å². The summed E-state index contributed by atoms with van der Waals surface area (Å²) in [4.78, 5) is 127. The summed E-state index contributed by atoms with van der Waals surface area (Å²) in [5, 5.41) is 38.2. The maximum atomic E-state index is 14.3. The van der Waals surface area contributed by atoms with Crippen molar-refractivity contribution in [3.63, 3.8) is 0 Å². The molecule has 0 saturated heterocycles. The van der Waals surface area contributed by atoms with Crippen LogP contribution in [-0.4, -0.2) is 132 Å². The Bertz CT molecular complexity index is 2670. The Balaban J connectivity index is 1.57. The van der Waals surface area contributed by atoms with Crippen molar-refractivity contribution < 1.29 is 53.4 Å². The van der Waals surface area contributed by atoms with Crippen molar-refractivity contribution in [1.82, 2.24) is 37.2 Å². The molecule has 0 aliphatic carbocycles. The number of carbonyl (C=O) groups excluding carboxylic acids is 9. The minimum absolute atomic E-state index is 0.0347. The first-order chi connectivity index (χ1) is 36.6. The number of benzene rings is 4. The second kappa shape index (κ2) is 30.9. The second-order valence-corrected chi connectivity index (χ2v) is 21.0. The van der Waals surface area contributed by atoms with Gasteiger partial charge in [-0.05, 0) is 42.9 Å². The van der Waals surface area contributed by atoms with Crippen LogP contribution in [0.5, 0.6) is 11.5 Å². The topological polar surface area (TPSA) is 369 Å². The number of primary amides is 1. The van der Waals surface area contributed by atoms with Crippen molar-refractivity contribution >= 4 is 77.3 Å². The molecule has 4 rings (SSSR count). The van der Waals surface area contributed by atoms with Gasteiger partial charge in [-0.25, -0.2) is 0 Å². The summed E-state index contributed by atoms with van der Waals surface area (Å²) in [6, 6.07) is 20.4. The average Bonchev–Trinajstić information content (AvgIpc) is 3.37. The molecule has 4 aromatic rings. The van der Waals surface area contributed by atoms with Crippen LogP contribution in [0.15, 0.2) is 114 Å². The molecule has 22 nitrogen and oxygen atoms in total. The normalized spacial score (nSPS) is 13.6. The van der Waals surface area contributed by atoms with Crippen molar-refractivity contribution in [2.24, 2.45) is 28.1 Å². The van der Waals surface area contributed by atoms with Crippen LogP contribution in [0.25, 0.3) is 0 Å². The Hall–Kier alpha value is -8.30. The van der Waals surface area contributed by atoms with Gasteiger partial charge in [-0.3, -0.25) is 24.2 Å². The van der Waals surface area contributed by atoms with Gasteiger partial charge in [0.1, 0.15) is 23.9 Å². The summed E-state index contributed by atoms with van der Waals surface area (Å²) in [7, 11) is 0. The number of phenols is 2. The molecule has 4 aromatic carbocycles. The van der Waals surface area contributed by atoms with Crippen LogP contribution in [0.4, 0.5) is 0 Å². The number of amides is 8. The summed E-state index contributed by atoms with van der Waals surface area (Å²) in [5.41, 5.74) is 18.3. The van der Waals surface area contributed by atoms with Crippen LogP contribution < -0.4 is 58.9 Å². The van der Waals surface area contributed by atoms with Crippen LogP contribution in [0.3, 0.4) is 0 Å². The Kier molecular flexibility index (Phi) is 24.6. The van der Waals surface area contributed by atoms with E-state index in [2.05, 4.69) is 42.2 Å². The number of phenolic OH excluding ortho intramolecular Hbond substituents is 2. The zero-order chi connectivity index (χ0) is 56.6. The van der Waals surface area contributed by atoms with Crippen LogP contribution in [0.2, 0.25) is 0 Å². The van der Waals surface area contributed by atoms with Crippen LogP contribution in [0.1, 0.15) is 70.1 Å². The van der Waals surface area contributed by atoms with Crippen molar-refractivity contribution in [2.75, 3.05) is 6.54 Å². The molecule has 1 unspecified atom stereocenters. The Morgan fingerprint density at radius 1 is 0.506 bits per heavy atom. The van der Waals surface area contributed by atoms with E-state index >= 15 is 0 Å². The first-order valence-corrected chi connectivity index (χ1v) is 26.6. The van der Waals surface area contributed by atoms with E-state index in [9.17, 15) is 53.4 Å². The number of aliphatic imine (C=N–C) groups is 1. The zero-order valence-corrected chi connectivity index (χ0v) is 45.0. The molecule has 0 aromatic heterocycles. The van der Waals surface area contributed by atoms with Gasteiger partial charge in [0.15, 0.2) is 5.96 Å². The van der Waals surface area contributed by atoms with E-state index in [0.29, 0.717) is 11.1 Å². The van der Waals surface area contributed by atoms with Crippen molar-refractivity contribution in [3.05, 3.63) is 126 Å². The van der Waals surface area contributed by atoms with Gasteiger partial charge in [0, 0.05) is 19.9 Å². The molecule has 0 aliphatic heterocycles. The monoisotopic (exact) mass is 1130 g/mol. The minimum atomic E-state index is -1.70. The molecular weight excluding hydrogens is 1060 g/mol. The Labute approximate surface area is 453 Å². The van der Waals surface area contributed by atoms with Gasteiger partial charge in [0.25, 0.3) is 0 Å². The molecule has 23 heteroatoms. The molecule has 0 fully saturated rings. The third-order valence-corrected chi connectivity index (χ3v) is 13.7. The van der Waals surface area contributed by atoms with Crippen molar-refractivity contribution in [3.8, 4) is 11.5 Å². The molecule has 0 aliphatic rings. The van der Waals surface area contributed by atoms with Gasteiger partial charge in [0.05, 0.1) is 0 Å². The first kappa shape index (κ1) is 61.2. The maximum absolute atomic E-state index is 14.3. The number of hydrogen-bond acceptors (Lipinski definition) is 12. The van der Waals surface area contributed by atoms with Crippen LogP contribution >= 0.6 is 0 Å². The number of aromatic hydroxyl groups is 2. The fourth-order valence-corrected chi connectivity index (χ4v) is 9.47. The van der Waals surface area contributed by atoms with Crippen LogP contribution in [0, 0.1) is 5.92 Å². The van der Waals surface area contributed by atoms with Crippen LogP contribution in [-0.2, 0) is 62.4 Å². The van der Waals surface area contributed by atoms with Gasteiger partial charge >= 0.3 is 256 Å². The third kappa shape index (κ3) is 22.2. The standard InChI is InChI=1S/C54H69N11O11Se/c1-31(2)26-41(60-33(4)66)49(72)63-42(27-35-17-21-37(67)22-18-35)50(73)61-40(16-11-25-58-54(56)57)48(71)59-32(3)47(70)62-44(30-46(55)69)52(75)64-43(28-36-19-23-38(68)24-20-36)51(74)65-45(29-34-12-7-5-8-13-34)53(76)77-39-14-9-6-10-15-39/h5-10,12-15,17-24,31-32,40-45,67-68H,11,16,25-30H2,1-4H3,(H2,55,69)(H,59,71)(H,60,66)(H,61,73)(H,62,70)(H,63,72)(H,64,75)(H,65,74)(H4,56,57,58)/t32-,40-,41-,42-,43-,44-,45?/m0/s1. The third-order valence-electron chi connectivity index (χ3n) is 11.6. The number of guanidine groups is 1. The van der Waals surface area contributed by atoms with Gasteiger partial charge in [0.2, 0.25) is 23.6 Å². The van der Waals surface area contributed by atoms with E-state index in [1.165, 1.54) is 62.4 Å². The molecule has 0 radical (unpaired) electrons. The average molecular weight is 1130 g/mol. The molecule has 15 N–H and O–H groups in total. The summed E-state index contributed by atoms with van der Waals surface area (Å²) in [5.74, 6) is -7.00. The summed E-state index contributed by atoms with van der Waals surface area (Å²) in [6.07, 6.45) is -0.623. The number of carbonyl (C=O) groups is 9. The summed E-state index contributed by atoms with van der Waals surface area (Å²) in [6.45, 7) is 6.26. The predicted octanol–water partition coefficient (Wildman–Crippen LogP) is -0.910. The molecule has 412 valence electrons. The number of nitrogens with one attached hydrogen (secondary N) is 7. The predicted molar refractivity (Wildman–Crippen MR) is 289 cm³/mol. The SMILES string of the molecule is CC(=O)N[C@@H](CC(C)C)C(=O)N[C@@H](Cc1ccc(O)cc1)C(=O)N[C@@H](CCCN=C(N)N)C(=O)N[C@@H](C)C(=O)N[C@@H](CC(N)=O)C(=O)N[C@@H](Cc1ccc(O)cc1)C(=O)NC(Cc1ccccc1)C(=O)[Se]c1ccccc1. The zero-order valence-electron chi connectivity index (χ0n) is 43.3. The van der Waals surface area contributed by atoms with E-state index in [1.807, 2.05) is 50.2 Å². The van der Waals surface area contributed by atoms with Gasteiger partial charge in [-0.2, -0.15) is 0 Å². The van der Waals surface area contributed by atoms with Gasteiger partial charge in [-0.1, -0.05) is 26.0 Å². The quantitative estimate of drug-likeness (QED) is 0.0130. The molecule has 8 amide bonds. The first-order valence-electron chi connectivity index (χ1n) is 24.9. The number of rotatable bonds is 30. The number of nitrogens with zero attached hydrogens (tertiary/aromatic N) is 1. The summed E-state index contributed by atoms with van der Waals surface area (Å²) >= 11 is -0.715. The second-order valence-electron chi connectivity index (χ2n) is 18.7. The molecular formula is C54H69N11O11Se. The Morgan fingerprint density at radius 2 is 0.935 bits per heavy atom. The van der Waals surface area contributed by atoms with E-state index in [-0.39, 0.29) is 73.1 Å². The van der Waals surface area contributed by atoms with Crippen molar-refractivity contribution in [1.29, 1.82) is 0 Å². The number of hydrogen-bond donors (Lipinski definition) is 12. The van der Waals surface area contributed by atoms with E-state index in [1.54, 1.807) is 24.3 Å². The molecule has 7 atom stereocenters. The molecule has 0 heterocycles. The molecule has 0 spiro atoms. The fourth-order valence-electron chi connectivity index (χ4n) is 7.77. The Morgan fingerprint density at radius 3 is 1.43 bits per heavy atom. The molecule has 77 heavy (non-hydrogen) atoms.